The molecule has 1 heterocycles. The van der Waals surface area contributed by atoms with E-state index >= 15 is 0 Å². The maximum atomic E-state index is 6.05. The van der Waals surface area contributed by atoms with Crippen molar-refractivity contribution >= 4 is 11.4 Å². The van der Waals surface area contributed by atoms with E-state index in [0.29, 0.717) is 0 Å². The van der Waals surface area contributed by atoms with Crippen LogP contribution in [0.4, 0.5) is 11.4 Å². The van der Waals surface area contributed by atoms with Crippen LogP contribution in [0.3, 0.4) is 0 Å². The van der Waals surface area contributed by atoms with E-state index in [4.69, 9.17) is 4.74 Å². The number of ether oxygens (including phenoxy) is 1. The highest BCUT2D eigenvalue weighted by atomic mass is 16.5. The molecule has 0 bridgehead atoms. The second kappa shape index (κ2) is 4.50. The maximum absolute atomic E-state index is 6.05. The van der Waals surface area contributed by atoms with E-state index in [-0.39, 0.29) is 6.23 Å². The van der Waals surface area contributed by atoms with Crippen molar-refractivity contribution in [2.75, 3.05) is 30.9 Å². The third-order valence-corrected chi connectivity index (χ3v) is 3.51. The molecule has 0 spiro atoms. The van der Waals surface area contributed by atoms with Crippen molar-refractivity contribution in [2.45, 2.75) is 6.23 Å². The summed E-state index contributed by atoms with van der Waals surface area (Å²) in [5.74, 6) is 0.946. The Morgan fingerprint density at radius 2 is 1.79 bits per heavy atom. The van der Waals surface area contributed by atoms with E-state index in [1.54, 1.807) is 0 Å². The van der Waals surface area contributed by atoms with E-state index in [2.05, 4.69) is 41.1 Å². The van der Waals surface area contributed by atoms with E-state index in [1.165, 1.54) is 11.3 Å². The molecule has 3 nitrogen and oxygen atoms in total. The van der Waals surface area contributed by atoms with Gasteiger partial charge in [-0.2, -0.15) is 0 Å². The highest BCUT2D eigenvalue weighted by Gasteiger charge is 2.29. The molecule has 1 atom stereocenters. The molecule has 0 aromatic heterocycles. The quantitative estimate of drug-likeness (QED) is 0.818. The van der Waals surface area contributed by atoms with Crippen LogP contribution in [-0.4, -0.2) is 21.1 Å². The minimum Gasteiger partial charge on any atom is -0.464 e. The minimum atomic E-state index is -0.0337. The summed E-state index contributed by atoms with van der Waals surface area (Å²) < 4.78 is 6.05. The lowest BCUT2D eigenvalue weighted by atomic mass is 10.2. The van der Waals surface area contributed by atoms with Crippen molar-refractivity contribution in [3.8, 4) is 5.75 Å². The van der Waals surface area contributed by atoms with E-state index < -0.39 is 0 Å². The van der Waals surface area contributed by atoms with Crippen molar-refractivity contribution in [2.24, 2.45) is 0 Å². The summed E-state index contributed by atoms with van der Waals surface area (Å²) in [5, 5.41) is 0. The van der Waals surface area contributed by atoms with Crippen LogP contribution in [0.15, 0.2) is 48.5 Å². The Kier molecular flexibility index (Phi) is 2.82. The molecule has 98 valence electrons. The number of benzene rings is 2. The molecule has 0 saturated carbocycles. The highest BCUT2D eigenvalue weighted by Crippen LogP contribution is 2.43. The lowest BCUT2D eigenvalue weighted by Crippen LogP contribution is -2.22. The molecule has 2 aromatic rings. The summed E-state index contributed by atoms with van der Waals surface area (Å²) in [5.41, 5.74) is 3.50. The lowest BCUT2D eigenvalue weighted by Gasteiger charge is -2.21. The number of anilines is 2. The Morgan fingerprint density at radius 3 is 2.47 bits per heavy atom. The summed E-state index contributed by atoms with van der Waals surface area (Å²) in [6, 6.07) is 16.6. The first-order chi connectivity index (χ1) is 9.16. The van der Waals surface area contributed by atoms with Crippen LogP contribution in [0.5, 0.6) is 5.75 Å². The number of hydrogen-bond acceptors (Lipinski definition) is 3. The largest absolute Gasteiger partial charge is 0.464 e. The summed E-state index contributed by atoms with van der Waals surface area (Å²) in [6.45, 7) is 0. The van der Waals surface area contributed by atoms with Crippen LogP contribution >= 0.6 is 0 Å². The fraction of sp³-hybridized carbons (Fsp3) is 0.250. The normalized spacial score (nSPS) is 17.0. The van der Waals surface area contributed by atoms with Gasteiger partial charge in [-0.1, -0.05) is 30.3 Å². The van der Waals surface area contributed by atoms with Gasteiger partial charge in [0, 0.05) is 32.4 Å². The standard InChI is InChI=1S/C16H18N2O/c1-17(2)13-9-10-15-14(11-13)18(3)16(19-15)12-7-5-4-6-8-12/h4-11,16H,1-3H3. The first-order valence-electron chi connectivity index (χ1n) is 6.42. The summed E-state index contributed by atoms with van der Waals surface area (Å²) >= 11 is 0. The van der Waals surface area contributed by atoms with Gasteiger partial charge in [0.15, 0.2) is 6.23 Å². The zero-order chi connectivity index (χ0) is 13.4. The molecule has 3 heteroatoms. The Bertz CT molecular complexity index is 581. The molecule has 1 aliphatic heterocycles. The Hall–Kier alpha value is -2.16. The molecule has 0 aliphatic carbocycles. The fourth-order valence-electron chi connectivity index (χ4n) is 2.39. The second-order valence-electron chi connectivity index (χ2n) is 5.04. The number of fused-ring (bicyclic) bond motifs is 1. The van der Waals surface area contributed by atoms with Gasteiger partial charge in [-0.15, -0.1) is 0 Å². The Morgan fingerprint density at radius 1 is 1.05 bits per heavy atom. The SMILES string of the molecule is CN(C)c1ccc2c(c1)N(C)C(c1ccccc1)O2. The number of nitrogens with zero attached hydrogens (tertiary/aromatic N) is 2. The summed E-state index contributed by atoms with van der Waals surface area (Å²) in [6.07, 6.45) is -0.0337. The molecule has 0 amide bonds. The molecule has 0 saturated heterocycles. The first-order valence-corrected chi connectivity index (χ1v) is 6.42. The van der Waals surface area contributed by atoms with E-state index in [9.17, 15) is 0 Å². The average molecular weight is 254 g/mol. The van der Waals surface area contributed by atoms with Crippen molar-refractivity contribution in [1.29, 1.82) is 0 Å². The predicted molar refractivity (Wildman–Crippen MR) is 79.0 cm³/mol. The molecule has 3 rings (SSSR count). The van der Waals surface area contributed by atoms with Crippen molar-refractivity contribution in [1.82, 2.24) is 0 Å². The summed E-state index contributed by atoms with van der Waals surface area (Å²) in [7, 11) is 6.17. The van der Waals surface area contributed by atoms with Gasteiger partial charge in [0.1, 0.15) is 5.75 Å². The van der Waals surface area contributed by atoms with Gasteiger partial charge in [-0.05, 0) is 18.2 Å². The molecular formula is C16H18N2O. The smallest absolute Gasteiger partial charge is 0.198 e. The van der Waals surface area contributed by atoms with Gasteiger partial charge in [0.05, 0.1) is 5.69 Å². The third-order valence-electron chi connectivity index (χ3n) is 3.51. The number of hydrogen-bond donors (Lipinski definition) is 0. The molecule has 0 N–H and O–H groups in total. The zero-order valence-electron chi connectivity index (χ0n) is 11.5. The van der Waals surface area contributed by atoms with Crippen LogP contribution in [-0.2, 0) is 0 Å². The fourth-order valence-corrected chi connectivity index (χ4v) is 2.39. The molecule has 1 unspecified atom stereocenters. The molecule has 2 aromatic carbocycles. The van der Waals surface area contributed by atoms with Crippen molar-refractivity contribution < 1.29 is 4.74 Å². The van der Waals surface area contributed by atoms with Gasteiger partial charge >= 0.3 is 0 Å². The summed E-state index contributed by atoms with van der Waals surface area (Å²) in [4.78, 5) is 4.28. The van der Waals surface area contributed by atoms with Crippen molar-refractivity contribution in [3.63, 3.8) is 0 Å². The van der Waals surface area contributed by atoms with Crippen LogP contribution in [0.1, 0.15) is 11.8 Å². The van der Waals surface area contributed by atoms with E-state index in [0.717, 1.165) is 11.4 Å². The van der Waals surface area contributed by atoms with Crippen LogP contribution in [0.25, 0.3) is 0 Å². The molecule has 1 aliphatic rings. The molecule has 0 fully saturated rings. The lowest BCUT2D eigenvalue weighted by molar-refractivity contribution is 0.235. The Labute approximate surface area is 114 Å². The number of rotatable bonds is 2. The third kappa shape index (κ3) is 2.01. The maximum Gasteiger partial charge on any atom is 0.198 e. The average Bonchev–Trinajstić information content (AvgIpc) is 2.77. The van der Waals surface area contributed by atoms with Gasteiger partial charge in [0.2, 0.25) is 0 Å². The monoisotopic (exact) mass is 254 g/mol. The molecule has 0 radical (unpaired) electrons. The molecular weight excluding hydrogens is 236 g/mol. The van der Waals surface area contributed by atoms with Crippen molar-refractivity contribution in [3.05, 3.63) is 54.1 Å². The Balaban J connectivity index is 1.96. The van der Waals surface area contributed by atoms with Crippen LogP contribution in [0.2, 0.25) is 0 Å². The minimum absolute atomic E-state index is 0.0337. The van der Waals surface area contributed by atoms with Crippen LogP contribution < -0.4 is 14.5 Å². The van der Waals surface area contributed by atoms with Crippen LogP contribution in [0, 0.1) is 0 Å². The van der Waals surface area contributed by atoms with E-state index in [1.807, 2.05) is 38.4 Å². The van der Waals surface area contributed by atoms with Gasteiger partial charge in [-0.3, -0.25) is 0 Å². The topological polar surface area (TPSA) is 15.7 Å². The predicted octanol–water partition coefficient (Wildman–Crippen LogP) is 3.28. The second-order valence-corrected chi connectivity index (χ2v) is 5.04. The van der Waals surface area contributed by atoms with Gasteiger partial charge in [-0.25, -0.2) is 0 Å². The highest BCUT2D eigenvalue weighted by molar-refractivity contribution is 5.69. The first kappa shape index (κ1) is 11.9. The molecule has 19 heavy (non-hydrogen) atoms. The van der Waals surface area contributed by atoms with Gasteiger partial charge in [0.25, 0.3) is 0 Å². The van der Waals surface area contributed by atoms with Gasteiger partial charge < -0.3 is 14.5 Å². The zero-order valence-corrected chi connectivity index (χ0v) is 11.5.